The summed E-state index contributed by atoms with van der Waals surface area (Å²) in [6.07, 6.45) is -4.45. The first-order valence-electron chi connectivity index (χ1n) is 5.77. The summed E-state index contributed by atoms with van der Waals surface area (Å²) in [6.45, 7) is 3.68. The number of nitrogens with one attached hydrogen (secondary N) is 1. The van der Waals surface area contributed by atoms with Gasteiger partial charge in [0.25, 0.3) is 0 Å². The van der Waals surface area contributed by atoms with Crippen molar-refractivity contribution < 1.29 is 22.7 Å². The first-order chi connectivity index (χ1) is 8.75. The maximum Gasteiger partial charge on any atom is 0.416 e. The third-order valence-corrected chi connectivity index (χ3v) is 2.89. The van der Waals surface area contributed by atoms with Crippen molar-refractivity contribution in [3.63, 3.8) is 0 Å². The largest absolute Gasteiger partial charge is 0.467 e. The summed E-state index contributed by atoms with van der Waals surface area (Å²) in [4.78, 5) is 11.8. The molecule has 0 aliphatic carbocycles. The molecule has 0 saturated heterocycles. The Morgan fingerprint density at radius 2 is 1.89 bits per heavy atom. The first-order valence-corrected chi connectivity index (χ1v) is 5.77. The summed E-state index contributed by atoms with van der Waals surface area (Å²) in [6, 6.07) is 4.66. The molecule has 19 heavy (non-hydrogen) atoms. The van der Waals surface area contributed by atoms with Gasteiger partial charge in [-0.2, -0.15) is 13.2 Å². The molecule has 1 aromatic carbocycles. The van der Waals surface area contributed by atoms with E-state index >= 15 is 0 Å². The Bertz CT molecular complexity index is 459. The Morgan fingerprint density at radius 3 is 2.37 bits per heavy atom. The zero-order valence-electron chi connectivity index (χ0n) is 11.0. The van der Waals surface area contributed by atoms with Gasteiger partial charge in [-0.25, -0.2) is 4.79 Å². The number of carbonyl (C=O) groups excluding carboxylic acids is 1. The number of esters is 1. The minimum absolute atomic E-state index is 0.219. The van der Waals surface area contributed by atoms with Crippen LogP contribution in [-0.4, -0.2) is 19.6 Å². The van der Waals surface area contributed by atoms with E-state index in [-0.39, 0.29) is 5.56 Å². The topological polar surface area (TPSA) is 38.3 Å². The average molecular weight is 275 g/mol. The highest BCUT2D eigenvalue weighted by molar-refractivity contribution is 5.82. The standard InChI is InChI=1S/C13H16F3NO2/c1-4-17-12(2,11(18)19-3)9-6-5-7-10(8-9)13(14,15)16/h5-8,17H,4H2,1-3H3. The van der Waals surface area contributed by atoms with Gasteiger partial charge < -0.3 is 4.74 Å². The maximum absolute atomic E-state index is 12.7. The zero-order chi connectivity index (χ0) is 14.7. The van der Waals surface area contributed by atoms with E-state index in [0.717, 1.165) is 12.1 Å². The SMILES string of the molecule is CCNC(C)(C(=O)OC)c1cccc(C(F)(F)F)c1. The van der Waals surface area contributed by atoms with E-state index in [2.05, 4.69) is 10.1 Å². The van der Waals surface area contributed by atoms with E-state index in [1.807, 2.05) is 0 Å². The molecule has 0 amide bonds. The summed E-state index contributed by atoms with van der Waals surface area (Å²) in [5.41, 5.74) is -1.88. The molecular formula is C13H16F3NO2. The Hall–Kier alpha value is -1.56. The van der Waals surface area contributed by atoms with Crippen molar-refractivity contribution in [2.24, 2.45) is 0 Å². The van der Waals surface area contributed by atoms with E-state index in [1.54, 1.807) is 6.92 Å². The monoisotopic (exact) mass is 275 g/mol. The van der Waals surface area contributed by atoms with Crippen LogP contribution in [0.3, 0.4) is 0 Å². The third kappa shape index (κ3) is 3.26. The van der Waals surface area contributed by atoms with E-state index in [4.69, 9.17) is 0 Å². The Balaban J connectivity index is 3.28. The summed E-state index contributed by atoms with van der Waals surface area (Å²) in [7, 11) is 1.20. The summed E-state index contributed by atoms with van der Waals surface area (Å²) < 4.78 is 42.7. The molecule has 1 N–H and O–H groups in total. The van der Waals surface area contributed by atoms with Crippen LogP contribution in [0.15, 0.2) is 24.3 Å². The van der Waals surface area contributed by atoms with Crippen LogP contribution in [0.25, 0.3) is 0 Å². The summed E-state index contributed by atoms with van der Waals surface area (Å²) in [5.74, 6) is -0.631. The molecule has 0 saturated carbocycles. The molecule has 0 radical (unpaired) electrons. The van der Waals surface area contributed by atoms with E-state index in [0.29, 0.717) is 6.54 Å². The number of rotatable bonds is 4. The van der Waals surface area contributed by atoms with Crippen LogP contribution in [0, 0.1) is 0 Å². The van der Waals surface area contributed by atoms with Gasteiger partial charge >= 0.3 is 12.1 Å². The van der Waals surface area contributed by atoms with Crippen molar-refractivity contribution in [2.75, 3.05) is 13.7 Å². The minimum Gasteiger partial charge on any atom is -0.467 e. The molecular weight excluding hydrogens is 259 g/mol. The van der Waals surface area contributed by atoms with Gasteiger partial charge in [0.1, 0.15) is 5.54 Å². The Morgan fingerprint density at radius 1 is 1.32 bits per heavy atom. The molecule has 0 bridgehead atoms. The second kappa shape index (κ2) is 5.61. The molecule has 0 aromatic heterocycles. The van der Waals surface area contributed by atoms with Crippen molar-refractivity contribution in [2.45, 2.75) is 25.6 Å². The van der Waals surface area contributed by atoms with Crippen molar-refractivity contribution in [1.29, 1.82) is 0 Å². The van der Waals surface area contributed by atoms with Gasteiger partial charge in [0.15, 0.2) is 0 Å². The van der Waals surface area contributed by atoms with E-state index in [9.17, 15) is 18.0 Å². The lowest BCUT2D eigenvalue weighted by atomic mass is 9.90. The number of carbonyl (C=O) groups is 1. The first kappa shape index (κ1) is 15.5. The van der Waals surface area contributed by atoms with Gasteiger partial charge in [0, 0.05) is 0 Å². The second-order valence-electron chi connectivity index (χ2n) is 4.23. The van der Waals surface area contributed by atoms with Gasteiger partial charge in [-0.1, -0.05) is 19.1 Å². The lowest BCUT2D eigenvalue weighted by molar-refractivity contribution is -0.148. The van der Waals surface area contributed by atoms with Gasteiger partial charge in [0.05, 0.1) is 12.7 Å². The summed E-state index contributed by atoms with van der Waals surface area (Å²) >= 11 is 0. The molecule has 6 heteroatoms. The second-order valence-corrected chi connectivity index (χ2v) is 4.23. The molecule has 1 aromatic rings. The predicted molar refractivity (Wildman–Crippen MR) is 64.5 cm³/mol. The molecule has 1 atom stereocenters. The lowest BCUT2D eigenvalue weighted by Crippen LogP contribution is -2.47. The van der Waals surface area contributed by atoms with E-state index < -0.39 is 23.2 Å². The quantitative estimate of drug-likeness (QED) is 0.859. The molecule has 3 nitrogen and oxygen atoms in total. The fraction of sp³-hybridized carbons (Fsp3) is 0.462. The maximum atomic E-state index is 12.7. The highest BCUT2D eigenvalue weighted by Gasteiger charge is 2.38. The molecule has 0 spiro atoms. The summed E-state index contributed by atoms with van der Waals surface area (Å²) in [5, 5.41) is 2.86. The molecule has 0 fully saturated rings. The van der Waals surface area contributed by atoms with Crippen LogP contribution in [0.2, 0.25) is 0 Å². The third-order valence-electron chi connectivity index (χ3n) is 2.89. The number of methoxy groups -OCH3 is 1. The fourth-order valence-corrected chi connectivity index (χ4v) is 1.86. The zero-order valence-corrected chi connectivity index (χ0v) is 11.0. The number of likely N-dealkylation sites (N-methyl/N-ethyl adjacent to an activating group) is 1. The number of hydrogen-bond acceptors (Lipinski definition) is 3. The number of hydrogen-bond donors (Lipinski definition) is 1. The number of alkyl halides is 3. The van der Waals surface area contributed by atoms with Crippen LogP contribution in [0.5, 0.6) is 0 Å². The van der Waals surface area contributed by atoms with Gasteiger partial charge in [-0.05, 0) is 31.2 Å². The van der Waals surface area contributed by atoms with Gasteiger partial charge in [-0.15, -0.1) is 0 Å². The average Bonchev–Trinajstić information content (AvgIpc) is 2.37. The van der Waals surface area contributed by atoms with Crippen LogP contribution < -0.4 is 5.32 Å². The molecule has 0 aliphatic rings. The Labute approximate surface area is 109 Å². The smallest absolute Gasteiger partial charge is 0.416 e. The van der Waals surface area contributed by atoms with E-state index in [1.165, 1.54) is 26.2 Å². The van der Waals surface area contributed by atoms with Crippen molar-refractivity contribution in [3.8, 4) is 0 Å². The van der Waals surface area contributed by atoms with Crippen LogP contribution >= 0.6 is 0 Å². The molecule has 0 heterocycles. The minimum atomic E-state index is -4.45. The highest BCUT2D eigenvalue weighted by Crippen LogP contribution is 2.32. The van der Waals surface area contributed by atoms with Gasteiger partial charge in [-0.3, -0.25) is 5.32 Å². The fourth-order valence-electron chi connectivity index (χ4n) is 1.86. The normalized spacial score (nSPS) is 14.8. The molecule has 1 rings (SSSR count). The molecule has 106 valence electrons. The molecule has 0 aliphatic heterocycles. The predicted octanol–water partition coefficient (Wildman–Crippen LogP) is 2.70. The van der Waals surface area contributed by atoms with Crippen molar-refractivity contribution in [3.05, 3.63) is 35.4 Å². The van der Waals surface area contributed by atoms with Gasteiger partial charge in [0.2, 0.25) is 0 Å². The Kier molecular flexibility index (Phi) is 4.57. The van der Waals surface area contributed by atoms with Crippen LogP contribution in [0.4, 0.5) is 13.2 Å². The number of ether oxygens (including phenoxy) is 1. The number of halogens is 3. The van der Waals surface area contributed by atoms with Crippen molar-refractivity contribution >= 4 is 5.97 Å². The molecule has 1 unspecified atom stereocenters. The van der Waals surface area contributed by atoms with Crippen LogP contribution in [-0.2, 0) is 21.2 Å². The highest BCUT2D eigenvalue weighted by atomic mass is 19.4. The van der Waals surface area contributed by atoms with Crippen molar-refractivity contribution in [1.82, 2.24) is 5.32 Å². The van der Waals surface area contributed by atoms with Crippen LogP contribution in [0.1, 0.15) is 25.0 Å². The number of benzene rings is 1. The lowest BCUT2D eigenvalue weighted by Gasteiger charge is -2.28.